The Labute approximate surface area is 167 Å². The maximum atomic E-state index is 12.5. The van der Waals surface area contributed by atoms with Gasteiger partial charge in [0.05, 0.1) is 6.10 Å². The van der Waals surface area contributed by atoms with Crippen LogP contribution in [0.15, 0.2) is 0 Å². The lowest BCUT2D eigenvalue weighted by Crippen LogP contribution is -2.60. The molecule has 0 aromatic carbocycles. The highest BCUT2D eigenvalue weighted by molar-refractivity contribution is 5.85. The quantitative estimate of drug-likeness (QED) is 0.633. The fraction of sp³-hybridized carbons (Fsp3) is 0.900. The SMILES string of the molecule is NC(=O)[C@]12CCC[C@H](CC1)N2C[C@@H](O)CN1CCN(C(=O)[C@@H]2CCCO2)CC1. The number of nitrogens with two attached hydrogens (primary N) is 1. The molecule has 4 saturated heterocycles. The number of carbonyl (C=O) groups is 2. The van der Waals surface area contributed by atoms with Gasteiger partial charge in [-0.05, 0) is 44.9 Å². The van der Waals surface area contributed by atoms with Gasteiger partial charge in [-0.3, -0.25) is 19.4 Å². The Morgan fingerprint density at radius 3 is 2.54 bits per heavy atom. The molecule has 3 N–H and O–H groups in total. The maximum Gasteiger partial charge on any atom is 0.251 e. The largest absolute Gasteiger partial charge is 0.390 e. The van der Waals surface area contributed by atoms with Crippen LogP contribution in [-0.2, 0) is 14.3 Å². The van der Waals surface area contributed by atoms with Gasteiger partial charge in [-0.25, -0.2) is 0 Å². The number of aliphatic hydroxyl groups is 1. The molecule has 28 heavy (non-hydrogen) atoms. The van der Waals surface area contributed by atoms with Crippen LogP contribution in [0, 0.1) is 0 Å². The predicted molar refractivity (Wildman–Crippen MR) is 104 cm³/mol. The van der Waals surface area contributed by atoms with E-state index >= 15 is 0 Å². The second-order valence-corrected chi connectivity index (χ2v) is 8.91. The average Bonchev–Trinajstić information content (AvgIpc) is 3.27. The number of amides is 2. The summed E-state index contributed by atoms with van der Waals surface area (Å²) in [6.45, 7) is 4.65. The van der Waals surface area contributed by atoms with Gasteiger partial charge in [-0.15, -0.1) is 0 Å². The normalized spacial score (nSPS) is 35.2. The van der Waals surface area contributed by atoms with Crippen molar-refractivity contribution in [3.8, 4) is 0 Å². The summed E-state index contributed by atoms with van der Waals surface area (Å²) in [4.78, 5) is 30.9. The number of carbonyl (C=O) groups excluding carboxylic acids is 2. The number of hydrogen-bond acceptors (Lipinski definition) is 6. The van der Waals surface area contributed by atoms with Crippen molar-refractivity contribution >= 4 is 11.8 Å². The first kappa shape index (κ1) is 20.1. The van der Waals surface area contributed by atoms with E-state index < -0.39 is 11.6 Å². The number of hydrogen-bond donors (Lipinski definition) is 2. The Balaban J connectivity index is 1.26. The van der Waals surface area contributed by atoms with E-state index in [4.69, 9.17) is 10.5 Å². The van der Waals surface area contributed by atoms with Crippen LogP contribution in [0.2, 0.25) is 0 Å². The van der Waals surface area contributed by atoms with Gasteiger partial charge < -0.3 is 20.5 Å². The summed E-state index contributed by atoms with van der Waals surface area (Å²) in [6, 6.07) is 0.372. The summed E-state index contributed by atoms with van der Waals surface area (Å²) in [5.41, 5.74) is 5.22. The molecule has 8 heteroatoms. The highest BCUT2D eigenvalue weighted by Crippen LogP contribution is 2.43. The molecule has 0 aromatic rings. The summed E-state index contributed by atoms with van der Waals surface area (Å²) in [5, 5.41) is 10.7. The molecule has 4 aliphatic heterocycles. The van der Waals surface area contributed by atoms with Gasteiger partial charge in [0, 0.05) is 51.9 Å². The van der Waals surface area contributed by atoms with Crippen molar-refractivity contribution < 1.29 is 19.4 Å². The number of nitrogens with zero attached hydrogens (tertiary/aromatic N) is 3. The molecule has 0 aromatic heterocycles. The molecule has 2 amide bonds. The van der Waals surface area contributed by atoms with Gasteiger partial charge >= 0.3 is 0 Å². The topological polar surface area (TPSA) is 99.3 Å². The highest BCUT2D eigenvalue weighted by atomic mass is 16.5. The second kappa shape index (κ2) is 8.26. The highest BCUT2D eigenvalue weighted by Gasteiger charge is 2.52. The molecule has 4 atom stereocenters. The molecule has 0 saturated carbocycles. The molecule has 4 heterocycles. The minimum absolute atomic E-state index is 0.117. The van der Waals surface area contributed by atoms with Crippen LogP contribution in [0.25, 0.3) is 0 Å². The predicted octanol–water partition coefficient (Wildman–Crippen LogP) is -0.457. The molecule has 4 rings (SSSR count). The number of primary amides is 1. The first-order valence-electron chi connectivity index (χ1n) is 10.9. The van der Waals surface area contributed by atoms with Gasteiger partial charge in [-0.2, -0.15) is 0 Å². The van der Waals surface area contributed by atoms with Crippen molar-refractivity contribution in [3.05, 3.63) is 0 Å². The number of ether oxygens (including phenoxy) is 1. The third kappa shape index (κ3) is 3.79. The van der Waals surface area contributed by atoms with E-state index in [0.29, 0.717) is 38.8 Å². The monoisotopic (exact) mass is 394 g/mol. The summed E-state index contributed by atoms with van der Waals surface area (Å²) < 4.78 is 5.51. The molecule has 0 radical (unpaired) electrons. The molecular formula is C20H34N4O4. The van der Waals surface area contributed by atoms with E-state index in [-0.39, 0.29) is 17.9 Å². The third-order valence-corrected chi connectivity index (χ3v) is 7.23. The van der Waals surface area contributed by atoms with E-state index in [2.05, 4.69) is 9.80 Å². The Kier molecular flexibility index (Phi) is 5.92. The molecule has 8 nitrogen and oxygen atoms in total. The van der Waals surface area contributed by atoms with Crippen molar-refractivity contribution in [2.45, 2.75) is 68.7 Å². The number of piperazine rings is 1. The van der Waals surface area contributed by atoms with Crippen LogP contribution in [0.3, 0.4) is 0 Å². The minimum atomic E-state index is -0.545. The van der Waals surface area contributed by atoms with Crippen molar-refractivity contribution in [1.29, 1.82) is 0 Å². The van der Waals surface area contributed by atoms with E-state index in [1.54, 1.807) is 0 Å². The van der Waals surface area contributed by atoms with Gasteiger partial charge in [-0.1, -0.05) is 0 Å². The first-order chi connectivity index (χ1) is 13.5. The van der Waals surface area contributed by atoms with E-state index in [1.165, 1.54) is 0 Å². The zero-order valence-electron chi connectivity index (χ0n) is 16.7. The summed E-state index contributed by atoms with van der Waals surface area (Å²) >= 11 is 0. The fourth-order valence-corrected chi connectivity index (χ4v) is 5.67. The van der Waals surface area contributed by atoms with Crippen molar-refractivity contribution in [2.24, 2.45) is 5.73 Å². The first-order valence-corrected chi connectivity index (χ1v) is 10.9. The van der Waals surface area contributed by atoms with Crippen molar-refractivity contribution in [3.63, 3.8) is 0 Å². The Bertz CT molecular complexity index is 585. The number of piperidine rings is 1. The summed E-state index contributed by atoms with van der Waals surface area (Å²) in [5.74, 6) is -0.117. The van der Waals surface area contributed by atoms with Crippen LogP contribution in [0.5, 0.6) is 0 Å². The van der Waals surface area contributed by atoms with Gasteiger partial charge in [0.1, 0.15) is 11.6 Å². The molecular weight excluding hydrogens is 360 g/mol. The van der Waals surface area contributed by atoms with Crippen LogP contribution < -0.4 is 5.73 Å². The van der Waals surface area contributed by atoms with Gasteiger partial charge in [0.15, 0.2) is 0 Å². The molecule has 2 bridgehead atoms. The number of β-amino-alcohol motifs (C(OH)–C–C–N with tert-alkyl or cyclic N) is 1. The molecule has 0 spiro atoms. The standard InChI is InChI=1S/C20H34N4O4/c21-19(27)20-6-1-3-15(5-7-20)24(20)14-16(25)13-22-8-10-23(11-9-22)18(26)17-4-2-12-28-17/h15-17,25H,1-14H2,(H2,21,27)/t15-,16+,17+,20+/m1/s1. The van der Waals surface area contributed by atoms with E-state index in [1.807, 2.05) is 4.90 Å². The van der Waals surface area contributed by atoms with Crippen LogP contribution in [0.4, 0.5) is 0 Å². The third-order valence-electron chi connectivity index (χ3n) is 7.23. The van der Waals surface area contributed by atoms with Gasteiger partial charge in [0.2, 0.25) is 5.91 Å². The van der Waals surface area contributed by atoms with Gasteiger partial charge in [0.25, 0.3) is 5.91 Å². The molecule has 4 fully saturated rings. The minimum Gasteiger partial charge on any atom is -0.390 e. The molecule has 0 unspecified atom stereocenters. The summed E-state index contributed by atoms with van der Waals surface area (Å²) in [7, 11) is 0. The Morgan fingerprint density at radius 2 is 1.86 bits per heavy atom. The average molecular weight is 395 g/mol. The lowest BCUT2D eigenvalue weighted by molar-refractivity contribution is -0.142. The maximum absolute atomic E-state index is 12.5. The van der Waals surface area contributed by atoms with Crippen LogP contribution >= 0.6 is 0 Å². The summed E-state index contributed by atoms with van der Waals surface area (Å²) in [6.07, 6.45) is 5.80. The number of fused-ring (bicyclic) bond motifs is 2. The number of rotatable bonds is 6. The smallest absolute Gasteiger partial charge is 0.251 e. The second-order valence-electron chi connectivity index (χ2n) is 8.91. The lowest BCUT2D eigenvalue weighted by Gasteiger charge is -2.44. The zero-order valence-corrected chi connectivity index (χ0v) is 16.7. The lowest BCUT2D eigenvalue weighted by atomic mass is 9.87. The Morgan fingerprint density at radius 1 is 1.07 bits per heavy atom. The number of aliphatic hydroxyl groups excluding tert-OH is 1. The van der Waals surface area contributed by atoms with Crippen LogP contribution in [-0.4, -0.2) is 101 Å². The van der Waals surface area contributed by atoms with Crippen LogP contribution in [0.1, 0.15) is 44.9 Å². The molecule has 158 valence electrons. The Hall–Kier alpha value is -1.22. The molecule has 4 aliphatic rings. The zero-order chi connectivity index (χ0) is 19.7. The van der Waals surface area contributed by atoms with Crippen molar-refractivity contribution in [1.82, 2.24) is 14.7 Å². The fourth-order valence-electron chi connectivity index (χ4n) is 5.67. The molecule has 0 aliphatic carbocycles. The van der Waals surface area contributed by atoms with E-state index in [0.717, 1.165) is 58.0 Å². The van der Waals surface area contributed by atoms with Crippen molar-refractivity contribution in [2.75, 3.05) is 45.9 Å². The van der Waals surface area contributed by atoms with E-state index in [9.17, 15) is 14.7 Å².